The van der Waals surface area contributed by atoms with Gasteiger partial charge in [-0.2, -0.15) is 0 Å². The number of aliphatic hydroxyl groups is 2. The first kappa shape index (κ1) is 25.3. The van der Waals surface area contributed by atoms with E-state index in [1.165, 1.54) is 12.8 Å². The molecule has 4 rings (SSSR count). The van der Waals surface area contributed by atoms with E-state index in [1.54, 1.807) is 20.4 Å². The Morgan fingerprint density at radius 3 is 2.29 bits per heavy atom. The zero-order valence-electron chi connectivity index (χ0n) is 19.9. The van der Waals surface area contributed by atoms with Crippen molar-refractivity contribution in [1.29, 1.82) is 0 Å². The van der Waals surface area contributed by atoms with E-state index in [1.807, 2.05) is 36.5 Å². The van der Waals surface area contributed by atoms with Crippen molar-refractivity contribution in [3.8, 4) is 17.2 Å². The van der Waals surface area contributed by atoms with Gasteiger partial charge in [0.15, 0.2) is 11.5 Å². The molecule has 0 amide bonds. The third kappa shape index (κ3) is 7.10. The number of ether oxygens (including phenoxy) is 3. The molecule has 7 nitrogen and oxygen atoms in total. The van der Waals surface area contributed by atoms with Crippen LogP contribution >= 0.6 is 0 Å². The summed E-state index contributed by atoms with van der Waals surface area (Å²) in [6.07, 6.45) is 8.60. The molecule has 2 N–H and O–H groups in total. The molecular formula is C27H34N2O5. The molecule has 1 fully saturated rings. The quantitative estimate of drug-likeness (QED) is 0.472. The van der Waals surface area contributed by atoms with Gasteiger partial charge >= 0.3 is 0 Å². The number of anilines is 2. The Morgan fingerprint density at radius 1 is 0.882 bits per heavy atom. The van der Waals surface area contributed by atoms with Crippen LogP contribution in [0.5, 0.6) is 17.2 Å². The van der Waals surface area contributed by atoms with Gasteiger partial charge in [0.1, 0.15) is 5.75 Å². The van der Waals surface area contributed by atoms with E-state index in [-0.39, 0.29) is 19.3 Å². The molecule has 34 heavy (non-hydrogen) atoms. The van der Waals surface area contributed by atoms with Gasteiger partial charge in [-0.1, -0.05) is 12.1 Å². The molecule has 1 saturated carbocycles. The van der Waals surface area contributed by atoms with Gasteiger partial charge in [0.25, 0.3) is 0 Å². The second kappa shape index (κ2) is 13.4. The summed E-state index contributed by atoms with van der Waals surface area (Å²) in [5.41, 5.74) is 3.19. The number of nitrogens with zero attached hydrogens (tertiary/aromatic N) is 2. The predicted octanol–water partition coefficient (Wildman–Crippen LogP) is 4.73. The number of methoxy groups -OCH3 is 2. The molecule has 182 valence electrons. The maximum atomic E-state index is 7.62. The minimum atomic E-state index is -0.125. The van der Waals surface area contributed by atoms with Gasteiger partial charge in [-0.05, 0) is 61.6 Å². The minimum Gasteiger partial charge on any atom is -0.497 e. The Hall–Kier alpha value is -3.29. The normalized spacial score (nSPS) is 13.1. The van der Waals surface area contributed by atoms with Crippen LogP contribution in [0.1, 0.15) is 31.2 Å². The summed E-state index contributed by atoms with van der Waals surface area (Å²) in [7, 11) is 3.37. The fourth-order valence-electron chi connectivity index (χ4n) is 3.90. The zero-order chi connectivity index (χ0) is 24.2. The van der Waals surface area contributed by atoms with E-state index in [9.17, 15) is 0 Å². The molecule has 1 aliphatic rings. The Balaban J connectivity index is 0.000000751. The zero-order valence-corrected chi connectivity index (χ0v) is 19.9. The highest BCUT2D eigenvalue weighted by atomic mass is 16.5. The Labute approximate surface area is 201 Å². The lowest BCUT2D eigenvalue weighted by atomic mass is 10.1. The Bertz CT molecular complexity index is 991. The van der Waals surface area contributed by atoms with E-state index in [0.717, 1.165) is 47.0 Å². The number of pyridine rings is 1. The van der Waals surface area contributed by atoms with Crippen LogP contribution in [0.4, 0.5) is 11.4 Å². The van der Waals surface area contributed by atoms with Crippen LogP contribution in [0.25, 0.3) is 0 Å². The summed E-state index contributed by atoms with van der Waals surface area (Å²) in [5.74, 6) is 2.37. The summed E-state index contributed by atoms with van der Waals surface area (Å²) < 4.78 is 17.4. The number of aliphatic hydroxyl groups excluding tert-OH is 2. The van der Waals surface area contributed by atoms with Crippen molar-refractivity contribution in [2.24, 2.45) is 0 Å². The summed E-state index contributed by atoms with van der Waals surface area (Å²) in [5, 5.41) is 15.2. The molecule has 0 saturated heterocycles. The van der Waals surface area contributed by atoms with Gasteiger partial charge in [-0.15, -0.1) is 0 Å². The number of rotatable bonds is 9. The van der Waals surface area contributed by atoms with Crippen molar-refractivity contribution in [2.45, 2.75) is 38.3 Å². The van der Waals surface area contributed by atoms with Gasteiger partial charge in [-0.3, -0.25) is 4.98 Å². The summed E-state index contributed by atoms with van der Waals surface area (Å²) >= 11 is 0. The van der Waals surface area contributed by atoms with Gasteiger partial charge in [0.05, 0.1) is 33.5 Å². The maximum Gasteiger partial charge on any atom is 0.163 e. The molecular weight excluding hydrogens is 432 g/mol. The van der Waals surface area contributed by atoms with Crippen molar-refractivity contribution in [3.05, 3.63) is 72.6 Å². The molecule has 0 aliphatic heterocycles. The highest BCUT2D eigenvalue weighted by molar-refractivity contribution is 5.67. The summed E-state index contributed by atoms with van der Waals surface area (Å²) in [6.45, 7) is 0.427. The average molecular weight is 467 g/mol. The summed E-state index contributed by atoms with van der Waals surface area (Å²) in [4.78, 5) is 6.51. The van der Waals surface area contributed by atoms with E-state index in [0.29, 0.717) is 6.54 Å². The monoisotopic (exact) mass is 466 g/mol. The van der Waals surface area contributed by atoms with Crippen LogP contribution in [-0.2, 0) is 6.54 Å². The topological polar surface area (TPSA) is 84.3 Å². The number of aromatic nitrogens is 1. The molecule has 0 unspecified atom stereocenters. The van der Waals surface area contributed by atoms with E-state index < -0.39 is 0 Å². The molecule has 7 heteroatoms. The van der Waals surface area contributed by atoms with Crippen molar-refractivity contribution >= 4 is 11.4 Å². The smallest absolute Gasteiger partial charge is 0.163 e. The number of hydrogen-bond acceptors (Lipinski definition) is 7. The summed E-state index contributed by atoms with van der Waals surface area (Å²) in [6, 6.07) is 18.2. The highest BCUT2D eigenvalue weighted by Crippen LogP contribution is 2.38. The fraction of sp³-hybridized carbons (Fsp3) is 0.370. The molecule has 1 heterocycles. The molecule has 0 bridgehead atoms. The standard InChI is InChI=1S/C25H28N2O3.C2H6O2/c1-28-23-11-5-8-20(15-23)27(18-19-7-6-14-26-17-19)21-12-13-24(29-2)25(16-21)30-22-9-3-4-10-22;3-1-2-4/h5-8,11-17,22H,3-4,9-10,18H2,1-2H3;3-4H,1-2H2. The minimum absolute atomic E-state index is 0.125. The molecule has 0 spiro atoms. The molecule has 0 atom stereocenters. The first-order valence-electron chi connectivity index (χ1n) is 11.6. The lowest BCUT2D eigenvalue weighted by molar-refractivity contribution is 0.186. The lowest BCUT2D eigenvalue weighted by Gasteiger charge is -2.27. The van der Waals surface area contributed by atoms with Crippen LogP contribution in [0.15, 0.2) is 67.0 Å². The Kier molecular flexibility index (Phi) is 10.0. The number of hydrogen-bond donors (Lipinski definition) is 2. The van der Waals surface area contributed by atoms with E-state index >= 15 is 0 Å². The van der Waals surface area contributed by atoms with Crippen molar-refractivity contribution in [2.75, 3.05) is 32.3 Å². The second-order valence-corrected chi connectivity index (χ2v) is 7.96. The van der Waals surface area contributed by atoms with Crippen molar-refractivity contribution < 1.29 is 24.4 Å². The SMILES string of the molecule is COc1cccc(N(Cc2cccnc2)c2ccc(OC)c(OC3CCCC3)c2)c1.OCCO. The first-order chi connectivity index (χ1) is 16.7. The predicted molar refractivity (Wildman–Crippen MR) is 133 cm³/mol. The molecule has 0 radical (unpaired) electrons. The van der Waals surface area contributed by atoms with Crippen molar-refractivity contribution in [1.82, 2.24) is 4.98 Å². The molecule has 1 aliphatic carbocycles. The molecule has 3 aromatic rings. The van der Waals surface area contributed by atoms with Crippen LogP contribution in [0, 0.1) is 0 Å². The lowest BCUT2D eigenvalue weighted by Crippen LogP contribution is -2.17. The second-order valence-electron chi connectivity index (χ2n) is 7.96. The Morgan fingerprint density at radius 2 is 1.65 bits per heavy atom. The molecule has 2 aromatic carbocycles. The number of benzene rings is 2. The van der Waals surface area contributed by atoms with Crippen LogP contribution < -0.4 is 19.1 Å². The maximum absolute atomic E-state index is 7.62. The van der Waals surface area contributed by atoms with Gasteiger partial charge in [0, 0.05) is 42.4 Å². The van der Waals surface area contributed by atoms with Crippen LogP contribution in [0.2, 0.25) is 0 Å². The van der Waals surface area contributed by atoms with Crippen LogP contribution in [-0.4, -0.2) is 48.7 Å². The van der Waals surface area contributed by atoms with E-state index in [2.05, 4.69) is 34.1 Å². The fourth-order valence-corrected chi connectivity index (χ4v) is 3.90. The van der Waals surface area contributed by atoms with E-state index in [4.69, 9.17) is 24.4 Å². The average Bonchev–Trinajstić information content (AvgIpc) is 3.41. The molecule has 1 aromatic heterocycles. The third-order valence-electron chi connectivity index (χ3n) is 5.58. The highest BCUT2D eigenvalue weighted by Gasteiger charge is 2.20. The van der Waals surface area contributed by atoms with Gasteiger partial charge < -0.3 is 29.3 Å². The van der Waals surface area contributed by atoms with Crippen LogP contribution in [0.3, 0.4) is 0 Å². The third-order valence-corrected chi connectivity index (χ3v) is 5.58. The largest absolute Gasteiger partial charge is 0.497 e. The first-order valence-corrected chi connectivity index (χ1v) is 11.6. The van der Waals surface area contributed by atoms with Crippen molar-refractivity contribution in [3.63, 3.8) is 0 Å². The van der Waals surface area contributed by atoms with Gasteiger partial charge in [-0.25, -0.2) is 0 Å². The van der Waals surface area contributed by atoms with Gasteiger partial charge in [0.2, 0.25) is 0 Å².